The average molecular weight is 927 g/mol. The lowest BCUT2D eigenvalue weighted by molar-refractivity contribution is -0.138. The maximum Gasteiger partial charge on any atom is 0.368 e. The van der Waals surface area contributed by atoms with Gasteiger partial charge in [-0.2, -0.15) is 15.0 Å². The highest BCUT2D eigenvalue weighted by atomic mass is 35.5. The van der Waals surface area contributed by atoms with Gasteiger partial charge in [0.1, 0.15) is 25.5 Å². The zero-order valence-electron chi connectivity index (χ0n) is 34.5. The quantitative estimate of drug-likeness (QED) is 0.212. The molecule has 6 aliphatic rings. The SMILES string of the molecule is CC(C)CC(=O)OC(=O)c1nc(Cl)nc2c1OCC1COCC(C)N21.CC1COCC2COc3c(C(=O)O)nc(Cl)nc3N12.CC1COCC2COc3c(CO)nc(Cl)nc3N12. The van der Waals surface area contributed by atoms with Crippen LogP contribution in [0.5, 0.6) is 17.2 Å². The van der Waals surface area contributed by atoms with E-state index in [1.54, 1.807) is 0 Å². The van der Waals surface area contributed by atoms with E-state index in [0.29, 0.717) is 88.4 Å². The van der Waals surface area contributed by atoms with Crippen LogP contribution in [-0.4, -0.2) is 154 Å². The van der Waals surface area contributed by atoms with Crippen molar-refractivity contribution in [2.75, 3.05) is 74.2 Å². The Kier molecular flexibility index (Phi) is 14.2. The molecule has 0 spiro atoms. The van der Waals surface area contributed by atoms with Crippen molar-refractivity contribution in [3.63, 3.8) is 0 Å². The predicted molar refractivity (Wildman–Crippen MR) is 220 cm³/mol. The summed E-state index contributed by atoms with van der Waals surface area (Å²) < 4.78 is 38.2. The number of carbonyl (C=O) groups is 3. The molecule has 0 aromatic carbocycles. The highest BCUT2D eigenvalue weighted by molar-refractivity contribution is 6.29. The smallest absolute Gasteiger partial charge is 0.368 e. The van der Waals surface area contributed by atoms with Gasteiger partial charge < -0.3 is 58.1 Å². The van der Waals surface area contributed by atoms with E-state index in [0.717, 1.165) is 0 Å². The van der Waals surface area contributed by atoms with E-state index in [-0.39, 0.29) is 93.9 Å². The molecule has 6 unspecified atom stereocenters. The summed E-state index contributed by atoms with van der Waals surface area (Å²) in [5.74, 6) is -0.173. The first kappa shape index (κ1) is 45.4. The Morgan fingerprint density at radius 2 is 1.03 bits per heavy atom. The highest BCUT2D eigenvalue weighted by Gasteiger charge is 2.41. The number of carboxylic acid groups (broad SMARTS) is 1. The number of aromatic carboxylic acids is 1. The van der Waals surface area contributed by atoms with Gasteiger partial charge in [0.2, 0.25) is 15.9 Å². The number of aliphatic hydroxyl groups is 1. The number of nitrogens with zero attached hydrogens (tertiary/aromatic N) is 9. The Morgan fingerprint density at radius 3 is 1.47 bits per heavy atom. The third-order valence-electron chi connectivity index (χ3n) is 10.5. The summed E-state index contributed by atoms with van der Waals surface area (Å²) in [6, 6.07) is 0.452. The minimum Gasteiger partial charge on any atom is -0.486 e. The topological polar surface area (TPSA) is 243 Å². The number of anilines is 3. The average Bonchev–Trinajstić information content (AvgIpc) is 3.22. The van der Waals surface area contributed by atoms with Gasteiger partial charge in [0.25, 0.3) is 0 Å². The molecule has 0 aliphatic carbocycles. The third kappa shape index (κ3) is 9.63. The van der Waals surface area contributed by atoms with Crippen LogP contribution in [0.3, 0.4) is 0 Å². The number of carboxylic acids is 1. The van der Waals surface area contributed by atoms with Gasteiger partial charge in [0.05, 0.1) is 82.5 Å². The van der Waals surface area contributed by atoms with Crippen molar-refractivity contribution in [2.45, 2.75) is 83.9 Å². The van der Waals surface area contributed by atoms with E-state index in [2.05, 4.69) is 41.7 Å². The van der Waals surface area contributed by atoms with Crippen LogP contribution in [-0.2, 0) is 30.3 Å². The molecule has 3 aromatic rings. The molecule has 336 valence electrons. The van der Waals surface area contributed by atoms with Gasteiger partial charge in [0.15, 0.2) is 46.1 Å². The van der Waals surface area contributed by atoms with Crippen LogP contribution < -0.4 is 28.9 Å². The van der Waals surface area contributed by atoms with Crippen LogP contribution in [0, 0.1) is 5.92 Å². The van der Waals surface area contributed by atoms with Gasteiger partial charge in [-0.25, -0.2) is 24.5 Å². The van der Waals surface area contributed by atoms with Gasteiger partial charge in [-0.1, -0.05) is 13.8 Å². The van der Waals surface area contributed by atoms with Crippen LogP contribution in [0.25, 0.3) is 0 Å². The monoisotopic (exact) mass is 925 g/mol. The van der Waals surface area contributed by atoms with Gasteiger partial charge in [-0.3, -0.25) is 4.79 Å². The van der Waals surface area contributed by atoms with Crippen molar-refractivity contribution >= 4 is 70.2 Å². The first-order valence-electron chi connectivity index (χ1n) is 19.9. The summed E-state index contributed by atoms with van der Waals surface area (Å²) in [5.41, 5.74) is 0.0959. The lowest BCUT2D eigenvalue weighted by Crippen LogP contribution is -2.56. The summed E-state index contributed by atoms with van der Waals surface area (Å²) >= 11 is 17.7. The van der Waals surface area contributed by atoms with Crippen molar-refractivity contribution in [1.82, 2.24) is 29.9 Å². The van der Waals surface area contributed by atoms with Gasteiger partial charge in [-0.05, 0) is 61.5 Å². The van der Waals surface area contributed by atoms with Crippen molar-refractivity contribution in [2.24, 2.45) is 5.92 Å². The van der Waals surface area contributed by atoms with Crippen LogP contribution in [0.2, 0.25) is 15.9 Å². The van der Waals surface area contributed by atoms with Crippen molar-refractivity contribution in [1.29, 1.82) is 0 Å². The Labute approximate surface area is 370 Å². The first-order valence-corrected chi connectivity index (χ1v) is 21.1. The lowest BCUT2D eigenvalue weighted by Gasteiger charge is -2.44. The first-order chi connectivity index (χ1) is 29.6. The second kappa shape index (κ2) is 19.4. The fraction of sp³-hybridized carbons (Fsp3) is 0.605. The molecule has 0 saturated carbocycles. The second-order valence-electron chi connectivity index (χ2n) is 15.7. The molecule has 0 radical (unpaired) electrons. The molecular weight excluding hydrogens is 881 g/mol. The fourth-order valence-corrected chi connectivity index (χ4v) is 8.40. The molecular formula is C38H46Cl3N9O12. The summed E-state index contributed by atoms with van der Waals surface area (Å²) in [6.45, 7) is 14.1. The van der Waals surface area contributed by atoms with Gasteiger partial charge in [-0.15, -0.1) is 0 Å². The minimum absolute atomic E-state index is 0.0175. The Hall–Kier alpha value is -4.64. The molecule has 0 bridgehead atoms. The molecule has 3 aromatic heterocycles. The molecule has 62 heavy (non-hydrogen) atoms. The molecule has 6 aliphatic heterocycles. The summed E-state index contributed by atoms with van der Waals surface area (Å²) in [7, 11) is 0. The number of morpholine rings is 3. The minimum atomic E-state index is -1.18. The zero-order valence-corrected chi connectivity index (χ0v) is 36.7. The van der Waals surface area contributed by atoms with E-state index in [4.69, 9.17) is 73.1 Å². The number of hydrogen-bond acceptors (Lipinski definition) is 20. The Balaban J connectivity index is 0.000000142. The van der Waals surface area contributed by atoms with Crippen LogP contribution in [0.15, 0.2) is 0 Å². The number of carbonyl (C=O) groups excluding carboxylic acids is 2. The summed E-state index contributed by atoms with van der Waals surface area (Å²) in [5, 5.41) is 18.4. The van der Waals surface area contributed by atoms with E-state index in [9.17, 15) is 19.5 Å². The molecule has 2 N–H and O–H groups in total. The number of aliphatic hydroxyl groups excluding tert-OH is 1. The van der Waals surface area contributed by atoms with Crippen molar-refractivity contribution in [3.05, 3.63) is 32.9 Å². The van der Waals surface area contributed by atoms with E-state index in [1.807, 2.05) is 37.5 Å². The predicted octanol–water partition coefficient (Wildman–Crippen LogP) is 3.27. The highest BCUT2D eigenvalue weighted by Crippen LogP contribution is 2.41. The number of hydrogen-bond donors (Lipinski definition) is 2. The molecule has 9 rings (SSSR count). The Morgan fingerprint density at radius 1 is 0.629 bits per heavy atom. The Bertz CT molecular complexity index is 2180. The second-order valence-corrected chi connectivity index (χ2v) is 16.7. The third-order valence-corrected chi connectivity index (χ3v) is 11.0. The molecule has 0 amide bonds. The molecule has 6 atom stereocenters. The maximum absolute atomic E-state index is 12.4. The lowest BCUT2D eigenvalue weighted by atomic mass is 10.1. The molecule has 3 saturated heterocycles. The number of ether oxygens (including phenoxy) is 7. The van der Waals surface area contributed by atoms with Crippen LogP contribution >= 0.6 is 34.8 Å². The van der Waals surface area contributed by atoms with Crippen molar-refractivity contribution < 1.29 is 57.8 Å². The molecule has 21 nitrogen and oxygen atoms in total. The summed E-state index contributed by atoms with van der Waals surface area (Å²) in [4.78, 5) is 65.8. The van der Waals surface area contributed by atoms with E-state index in [1.165, 1.54) is 0 Å². The fourth-order valence-electron chi connectivity index (χ4n) is 7.89. The number of fused-ring (bicyclic) bond motifs is 9. The normalized spacial score (nSPS) is 24.3. The summed E-state index contributed by atoms with van der Waals surface area (Å²) in [6.07, 6.45) is 0.135. The number of esters is 2. The van der Waals surface area contributed by atoms with Gasteiger partial charge >= 0.3 is 17.9 Å². The zero-order chi connectivity index (χ0) is 44.4. The molecule has 9 heterocycles. The van der Waals surface area contributed by atoms with E-state index >= 15 is 0 Å². The number of halogens is 3. The van der Waals surface area contributed by atoms with Crippen LogP contribution in [0.4, 0.5) is 17.5 Å². The largest absolute Gasteiger partial charge is 0.486 e. The van der Waals surface area contributed by atoms with Gasteiger partial charge in [0, 0.05) is 6.42 Å². The van der Waals surface area contributed by atoms with Crippen molar-refractivity contribution in [3.8, 4) is 17.2 Å². The molecule has 24 heteroatoms. The maximum atomic E-state index is 12.4. The number of rotatable bonds is 5. The number of aromatic nitrogens is 6. The standard InChI is InChI=1S/C16H20ClN3O5.C11H12ClN3O4.C11H14ClN3O3/c1-8(2)4-11(21)25-15(22)12-13-14(19-16(17)18-12)20-9(3)5-23-6-10(20)7-24-13;1-5-2-18-3-6-4-19-8-7(10(16)17)13-11(12)14-9(8)15(5)6;1-6-3-17-4-7-5-18-9-8(2-16)13-11(12)14-10(9)15(6)7/h8-10H,4-7H2,1-3H3;5-6H,2-4H2,1H3,(H,16,17);6-7,16H,2-5H2,1H3. The molecule has 3 fully saturated rings. The van der Waals surface area contributed by atoms with E-state index < -0.39 is 17.9 Å². The van der Waals surface area contributed by atoms with Crippen LogP contribution in [0.1, 0.15) is 67.7 Å².